The van der Waals surface area contributed by atoms with Gasteiger partial charge in [0.15, 0.2) is 0 Å². The first kappa shape index (κ1) is 83.3. The molecule has 3 aliphatic rings. The number of halogens is 2. The Morgan fingerprint density at radius 3 is 1.97 bits per heavy atom. The number of benzene rings is 4. The number of hydrogen-bond donors (Lipinski definition) is 5. The zero-order valence-corrected chi connectivity index (χ0v) is 62.8. The number of esters is 2. The Balaban J connectivity index is 0.713. The third-order valence-corrected chi connectivity index (χ3v) is 20.3. The van der Waals surface area contributed by atoms with Gasteiger partial charge in [-0.1, -0.05) is 78.9 Å². The molecule has 27 nitrogen and oxygen atoms in total. The molecule has 0 saturated carbocycles. The Labute approximate surface area is 616 Å². The number of para-hydroxylation sites is 1. The van der Waals surface area contributed by atoms with Crippen LogP contribution in [-0.2, 0) is 130 Å². The largest absolute Gasteiger partial charge is 0.438 e. The highest BCUT2D eigenvalue weighted by Gasteiger charge is 2.56. The van der Waals surface area contributed by atoms with Crippen molar-refractivity contribution in [1.29, 1.82) is 0 Å². The van der Waals surface area contributed by atoms with Gasteiger partial charge in [-0.25, -0.2) is 4.79 Å². The van der Waals surface area contributed by atoms with E-state index in [2.05, 4.69) is 21.3 Å². The minimum Gasteiger partial charge on any atom is -0.438 e. The normalized spacial score (nSPS) is 17.0. The highest BCUT2D eigenvalue weighted by atomic mass is 31.2. The molecule has 5 aromatic rings. The highest BCUT2D eigenvalue weighted by Crippen LogP contribution is 2.67. The number of piperidine rings is 1. The van der Waals surface area contributed by atoms with Crippen molar-refractivity contribution in [2.24, 2.45) is 23.6 Å². The van der Waals surface area contributed by atoms with E-state index < -0.39 is 103 Å². The molecule has 5 atom stereocenters. The Hall–Kier alpha value is -8.38. The van der Waals surface area contributed by atoms with Gasteiger partial charge in [0, 0.05) is 51.6 Å². The van der Waals surface area contributed by atoms with E-state index >= 15 is 8.78 Å². The van der Waals surface area contributed by atoms with Gasteiger partial charge < -0.3 is 54.8 Å². The molecule has 578 valence electrons. The zero-order valence-electron chi connectivity index (χ0n) is 61.9. The van der Waals surface area contributed by atoms with Crippen molar-refractivity contribution < 1.29 is 93.9 Å². The summed E-state index contributed by atoms with van der Waals surface area (Å²) in [5.74, 6) is -3.96. The van der Waals surface area contributed by atoms with Crippen LogP contribution in [0.4, 0.5) is 14.5 Å². The molecule has 1 aromatic heterocycles. The molecule has 0 spiro atoms. The summed E-state index contributed by atoms with van der Waals surface area (Å²) >= 11 is 0. The van der Waals surface area contributed by atoms with Crippen LogP contribution in [-0.4, -0.2) is 160 Å². The van der Waals surface area contributed by atoms with Gasteiger partial charge in [0.2, 0.25) is 49.0 Å². The van der Waals surface area contributed by atoms with Crippen LogP contribution in [0.3, 0.4) is 0 Å². The Bertz CT molecular complexity index is 4000. The molecule has 106 heavy (non-hydrogen) atoms. The number of alkyl halides is 2. The first-order valence-corrected chi connectivity index (χ1v) is 37.4. The average Bonchev–Trinajstić information content (AvgIpc) is 1.55. The summed E-state index contributed by atoms with van der Waals surface area (Å²) in [6, 6.07) is 21.1. The lowest BCUT2D eigenvalue weighted by atomic mass is 9.98. The van der Waals surface area contributed by atoms with Crippen molar-refractivity contribution in [2.75, 3.05) is 84.4 Å². The van der Waals surface area contributed by atoms with Crippen molar-refractivity contribution in [3.8, 4) is 0 Å². The van der Waals surface area contributed by atoms with Crippen LogP contribution in [0.15, 0.2) is 95.8 Å². The fraction of sp³-hybridized carbons (Fsp3) is 0.539. The molecule has 4 heterocycles. The second-order valence-electron chi connectivity index (χ2n) is 28.6. The Morgan fingerprint density at radius 1 is 0.736 bits per heavy atom. The van der Waals surface area contributed by atoms with Gasteiger partial charge in [-0.15, -0.1) is 0 Å². The van der Waals surface area contributed by atoms with Gasteiger partial charge in [0.05, 0.1) is 92.0 Å². The molecular weight excluding hydrogens is 1400 g/mol. The number of nitrogens with two attached hydrogens (primary N) is 1. The summed E-state index contributed by atoms with van der Waals surface area (Å²) in [5.41, 5.74) is 6.07. The number of nitrogens with zero attached hydrogens (tertiary/aromatic N) is 3. The minimum absolute atomic E-state index is 0.0323. The Morgan fingerprint density at radius 2 is 1.34 bits per heavy atom. The number of carbonyl (C=O) groups is 8. The van der Waals surface area contributed by atoms with E-state index in [-0.39, 0.29) is 81.9 Å². The number of aromatic nitrogens is 2. The number of imidazole rings is 1. The third-order valence-electron chi connectivity index (χ3n) is 18.4. The fourth-order valence-electron chi connectivity index (χ4n) is 12.2. The van der Waals surface area contributed by atoms with Gasteiger partial charge in [-0.2, -0.15) is 8.78 Å². The second-order valence-corrected chi connectivity index (χ2v) is 30.7. The van der Waals surface area contributed by atoms with E-state index in [9.17, 15) is 47.7 Å². The Kier molecular flexibility index (Phi) is 30.2. The second kappa shape index (κ2) is 38.4. The molecule has 6 amide bonds. The fourth-order valence-corrected chi connectivity index (χ4v) is 13.5. The number of nitrogens with one attached hydrogen (secondary N) is 4. The van der Waals surface area contributed by atoms with Gasteiger partial charge >= 0.3 is 30.9 Å². The van der Waals surface area contributed by atoms with Gasteiger partial charge in [-0.05, 0) is 158 Å². The number of aryl methyl sites for hydroxylation is 4. The van der Waals surface area contributed by atoms with E-state index in [4.69, 9.17) is 47.9 Å². The van der Waals surface area contributed by atoms with E-state index in [1.165, 1.54) is 62.8 Å². The number of primary amides is 1. The SMILES string of the molecule is C/C(=C\CN[C@H]1CCc2cccc3c2N(C1=O)[C@H](C(=O)N[C@@H](CCC(N)=O)[C@@H](C)OCc1ccc(CCCNC(=O)COCCOCCOCCOCCCc2ccc4c(c2)n(C)c(=O)n4C2CCC(=O)NC2=O)cc1)C3)c1ccc(C(F)(F)P(=O)(OCOC(=O)C(C)(C)C)OCOC(=O)C(C)(C)C)cc1. The van der Waals surface area contributed by atoms with Crippen molar-refractivity contribution in [2.45, 2.75) is 169 Å². The number of fused-ring (bicyclic) bond motifs is 1. The maximum absolute atomic E-state index is 16.3. The quantitative estimate of drug-likeness (QED) is 0.00812. The molecule has 8 rings (SSSR count). The summed E-state index contributed by atoms with van der Waals surface area (Å²) in [7, 11) is -3.88. The average molecular weight is 1500 g/mol. The number of hydrogen-bond acceptors (Lipinski definition) is 20. The van der Waals surface area contributed by atoms with E-state index in [1.807, 2.05) is 60.7 Å². The predicted molar refractivity (Wildman–Crippen MR) is 389 cm³/mol. The highest BCUT2D eigenvalue weighted by molar-refractivity contribution is 7.54. The molecular formula is C76H101F2N8O19P. The number of imide groups is 1. The molecule has 6 N–H and O–H groups in total. The smallest absolute Gasteiger partial charge is 0.410 e. The van der Waals surface area contributed by atoms with Crippen LogP contribution >= 0.6 is 7.60 Å². The maximum Gasteiger partial charge on any atom is 0.410 e. The topological polar surface area (TPSA) is 341 Å². The van der Waals surface area contributed by atoms with Crippen molar-refractivity contribution in [1.82, 2.24) is 30.4 Å². The molecule has 0 aliphatic carbocycles. The van der Waals surface area contributed by atoms with Gasteiger partial charge in [-0.3, -0.25) is 71.3 Å². The predicted octanol–water partition coefficient (Wildman–Crippen LogP) is 8.06. The van der Waals surface area contributed by atoms with E-state index in [0.29, 0.717) is 99.7 Å². The van der Waals surface area contributed by atoms with Gasteiger partial charge in [0.25, 0.3) is 0 Å². The molecule has 0 radical (unpaired) electrons. The molecule has 4 aromatic carbocycles. The van der Waals surface area contributed by atoms with Crippen LogP contribution in [0, 0.1) is 10.8 Å². The van der Waals surface area contributed by atoms with Gasteiger partial charge in [0.1, 0.15) is 18.7 Å². The number of anilines is 1. The van der Waals surface area contributed by atoms with Crippen LogP contribution in [0.25, 0.3) is 16.6 Å². The number of carbonyl (C=O) groups excluding carboxylic acids is 8. The first-order valence-electron chi connectivity index (χ1n) is 35.8. The summed E-state index contributed by atoms with van der Waals surface area (Å²) in [6.45, 7) is 13.8. The van der Waals surface area contributed by atoms with Crippen molar-refractivity contribution in [3.63, 3.8) is 0 Å². The summed E-state index contributed by atoms with van der Waals surface area (Å²) in [6.07, 6.45) is 5.85. The minimum atomic E-state index is -5.55. The summed E-state index contributed by atoms with van der Waals surface area (Å²) in [5, 5.41) is 11.6. The van der Waals surface area contributed by atoms with Crippen molar-refractivity contribution in [3.05, 3.63) is 140 Å². The third kappa shape index (κ3) is 22.8. The summed E-state index contributed by atoms with van der Waals surface area (Å²) in [4.78, 5) is 117. The standard InChI is InChI=1S/C76H101F2N8O19P/c1-49(54-22-25-57(26-23-54)76(77,78)106(96,104-47-102-71(93)74(3,4)5)105-48-103-72(94)75(6,7)8)33-35-80-59-27-24-55-15-10-16-56-44-63(86(67(55)56)70(59)92)69(91)82-58(28-31-64(79)87)50(2)101-45-53-19-17-51(18-20-53)13-11-34-81-66(89)46-100-42-41-99-40-39-98-38-37-97-36-12-14-52-21-29-60-62(43-52)84(9)73(95)85(60)61-30-32-65(88)83-68(61)90/h10,15-23,25-26,29,33,43,50,58-59,61,63,80H,11-14,24,27-28,30-32,34-42,44-48H2,1-9H3,(H2,79,87)(H,81,89)(H,82,91)(H,83,88,90)/b49-33+/t50-,58+,59+,61?,63+/m1/s1. The number of amides is 6. The number of rotatable bonds is 41. The van der Waals surface area contributed by atoms with Crippen molar-refractivity contribution >= 4 is 77.3 Å². The molecule has 1 fully saturated rings. The number of ether oxygens (including phenoxy) is 7. The van der Waals surface area contributed by atoms with Crippen LogP contribution in [0.1, 0.15) is 145 Å². The number of allylic oxidation sites excluding steroid dienone is 1. The monoisotopic (exact) mass is 1500 g/mol. The molecule has 3 aliphatic heterocycles. The van der Waals surface area contributed by atoms with E-state index in [0.717, 1.165) is 52.8 Å². The lowest BCUT2D eigenvalue weighted by Gasteiger charge is -2.31. The lowest BCUT2D eigenvalue weighted by molar-refractivity contribution is -0.163. The first-order chi connectivity index (χ1) is 50.4. The molecule has 1 saturated heterocycles. The summed E-state index contributed by atoms with van der Waals surface area (Å²) < 4.78 is 98.1. The molecule has 1 unspecified atom stereocenters. The van der Waals surface area contributed by atoms with E-state index in [1.54, 1.807) is 31.9 Å². The van der Waals surface area contributed by atoms with Crippen LogP contribution in [0.2, 0.25) is 0 Å². The lowest BCUT2D eigenvalue weighted by Crippen LogP contribution is -2.56. The molecule has 0 bridgehead atoms. The van der Waals surface area contributed by atoms with Crippen LogP contribution in [0.5, 0.6) is 0 Å². The molecule has 30 heteroatoms. The zero-order chi connectivity index (χ0) is 76.9. The van der Waals surface area contributed by atoms with Crippen LogP contribution < -0.4 is 37.6 Å². The maximum atomic E-state index is 16.3.